The minimum absolute atomic E-state index is 0.153. The molecule has 0 fully saturated rings. The third-order valence-corrected chi connectivity index (χ3v) is 13.5. The quantitative estimate of drug-likeness (QED) is 0.0544. The Morgan fingerprint density at radius 1 is 0.326 bits per heavy atom. The molecule has 8 aromatic rings. The number of carbonyl (C=O) groups is 8. The second-order valence-electron chi connectivity index (χ2n) is 21.1. The van der Waals surface area contributed by atoms with E-state index >= 15 is 0 Å². The van der Waals surface area contributed by atoms with Gasteiger partial charge in [0.05, 0.1) is 5.56 Å². The van der Waals surface area contributed by atoms with Gasteiger partial charge in [-0.3, -0.25) is 59.6 Å². The Hall–Kier alpha value is -11.4. The lowest BCUT2D eigenvalue weighted by Gasteiger charge is -2.10. The Balaban J connectivity index is 0.000000230. The van der Waals surface area contributed by atoms with E-state index in [0.717, 1.165) is 39.9 Å². The van der Waals surface area contributed by atoms with Crippen LogP contribution >= 0.6 is 23.2 Å². The highest BCUT2D eigenvalue weighted by molar-refractivity contribution is 6.33. The molecule has 0 atom stereocenters. The fourth-order valence-corrected chi connectivity index (χ4v) is 8.39. The highest BCUT2D eigenvalue weighted by Crippen LogP contribution is 2.30. The molecule has 482 valence electrons. The van der Waals surface area contributed by atoms with Gasteiger partial charge in [-0.15, -0.1) is 0 Å². The monoisotopic (exact) mass is 1310 g/mol. The van der Waals surface area contributed by atoms with Gasteiger partial charge in [0.2, 0.25) is 0 Å². The third-order valence-electron chi connectivity index (χ3n) is 13.0. The molecule has 0 bridgehead atoms. The van der Waals surface area contributed by atoms with Crippen LogP contribution in [0.3, 0.4) is 0 Å². The Kier molecular flexibility index (Phi) is 28.6. The van der Waals surface area contributed by atoms with Gasteiger partial charge in [-0.2, -0.15) is 13.2 Å². The lowest BCUT2D eigenvalue weighted by molar-refractivity contribution is -0.137. The van der Waals surface area contributed by atoms with Crippen molar-refractivity contribution in [3.05, 3.63) is 333 Å². The van der Waals surface area contributed by atoms with Gasteiger partial charge in [-0.05, 0) is 140 Å². The van der Waals surface area contributed by atoms with E-state index in [4.69, 9.17) is 23.2 Å². The maximum atomic E-state index is 12.7. The molecule has 4 N–H and O–H groups in total. The molecule has 17 heteroatoms. The third kappa shape index (κ3) is 25.0. The van der Waals surface area contributed by atoms with Crippen LogP contribution in [0.5, 0.6) is 0 Å². The van der Waals surface area contributed by atoms with Crippen molar-refractivity contribution in [2.75, 3.05) is 0 Å². The van der Waals surface area contributed by atoms with Gasteiger partial charge >= 0.3 is 6.18 Å². The number of aryl methyl sites for hydroxylation is 1. The van der Waals surface area contributed by atoms with Crippen molar-refractivity contribution in [3.63, 3.8) is 0 Å². The first-order chi connectivity index (χ1) is 45.1. The van der Waals surface area contributed by atoms with Crippen LogP contribution in [0, 0.1) is 6.92 Å². The molecular formula is C78H67Cl2F3N4O8. The molecule has 0 aliphatic carbocycles. The van der Waals surface area contributed by atoms with Crippen LogP contribution in [0.2, 0.25) is 10.0 Å². The van der Waals surface area contributed by atoms with E-state index in [1.54, 1.807) is 130 Å². The molecule has 0 unspecified atom stereocenters. The molecular weight excluding hydrogens is 1250 g/mol. The predicted octanol–water partition coefficient (Wildman–Crippen LogP) is 16.4. The van der Waals surface area contributed by atoms with E-state index in [9.17, 15) is 51.5 Å². The summed E-state index contributed by atoms with van der Waals surface area (Å²) in [6, 6.07) is 62.5. The number of rotatable bonds is 16. The summed E-state index contributed by atoms with van der Waals surface area (Å²) in [5, 5.41) is 10.4. The van der Waals surface area contributed by atoms with Gasteiger partial charge in [0.15, 0.2) is 0 Å². The maximum Gasteiger partial charge on any atom is 0.416 e. The van der Waals surface area contributed by atoms with Crippen molar-refractivity contribution in [1.82, 2.24) is 21.3 Å². The number of imide groups is 4. The van der Waals surface area contributed by atoms with Gasteiger partial charge in [0.25, 0.3) is 47.3 Å². The summed E-state index contributed by atoms with van der Waals surface area (Å²) >= 11 is 12.0. The minimum Gasteiger partial charge on any atom is -0.288 e. The fraction of sp³-hybridized carbons (Fsp3) is 0.0769. The van der Waals surface area contributed by atoms with E-state index in [0.29, 0.717) is 54.6 Å². The second-order valence-corrected chi connectivity index (χ2v) is 22.0. The molecule has 8 amide bonds. The van der Waals surface area contributed by atoms with E-state index in [2.05, 4.69) is 47.6 Å². The van der Waals surface area contributed by atoms with Crippen LogP contribution < -0.4 is 21.3 Å². The zero-order valence-corrected chi connectivity index (χ0v) is 54.1. The second kappa shape index (κ2) is 36.6. The molecule has 0 aliphatic rings. The number of carbonyl (C=O) groups excluding carboxylic acids is 8. The summed E-state index contributed by atoms with van der Waals surface area (Å²) in [7, 11) is 0. The zero-order chi connectivity index (χ0) is 69.8. The van der Waals surface area contributed by atoms with Crippen LogP contribution in [0.25, 0.3) is 46.6 Å². The first kappa shape index (κ1) is 74.3. The minimum atomic E-state index is -4.43. The lowest BCUT2D eigenvalue weighted by atomic mass is 10.0. The van der Waals surface area contributed by atoms with Crippen LogP contribution in [0.15, 0.2) is 267 Å². The van der Waals surface area contributed by atoms with Crippen molar-refractivity contribution >= 4 is 117 Å². The van der Waals surface area contributed by atoms with E-state index in [1.165, 1.54) is 25.1 Å². The van der Waals surface area contributed by atoms with E-state index < -0.39 is 59.0 Å². The molecule has 0 saturated heterocycles. The molecule has 0 aromatic heterocycles. The first-order valence-electron chi connectivity index (χ1n) is 29.0. The first-order valence-corrected chi connectivity index (χ1v) is 29.7. The summed E-state index contributed by atoms with van der Waals surface area (Å²) < 4.78 is 38.0. The Morgan fingerprint density at radius 2 is 0.568 bits per heavy atom. The molecule has 8 rings (SSSR count). The molecule has 0 saturated carbocycles. The molecule has 0 aliphatic heterocycles. The van der Waals surface area contributed by atoms with Gasteiger partial charge < -0.3 is 0 Å². The Labute approximate surface area is 560 Å². The number of hydrogen-bond donors (Lipinski definition) is 4. The number of amides is 8. The summed E-state index contributed by atoms with van der Waals surface area (Å²) in [4.78, 5) is 96.8. The average molecular weight is 1320 g/mol. The standard InChI is InChI=1S/C20H16F3NO2.C20H19NO2.2C19H16ClNO2/c1-13(2)18(25)24-19(26)17(15-6-4-3-5-7-15)12-14-8-10-16(11-9-14)20(21,22)23;1-14(2)19(22)21-20(23)18(17-7-5-4-6-8-17)13-16-11-9-15(3)10-12-16;2*1-13(2)18(22)21-19(23)17(15-8-4-3-5-9-15)12-14-7-6-10-16(20)11-14/h3-12H,1H2,2H3,(H,24,25,26);4-13H,1H2,2-3H3,(H,21,22,23);2*3-12H,1H2,2H3,(H,21,22,23)/b17-12-;18-13+;17-12+;17-12-. The molecule has 0 heterocycles. The average Bonchev–Trinajstić information content (AvgIpc) is 0.970. The van der Waals surface area contributed by atoms with Crippen LogP contribution in [0.1, 0.15) is 83.3 Å². The normalized spacial score (nSPS) is 11.2. The molecule has 0 radical (unpaired) electrons. The fourth-order valence-electron chi connectivity index (χ4n) is 7.99. The predicted molar refractivity (Wildman–Crippen MR) is 375 cm³/mol. The van der Waals surface area contributed by atoms with Crippen molar-refractivity contribution in [2.24, 2.45) is 0 Å². The number of halogens is 5. The van der Waals surface area contributed by atoms with Crippen LogP contribution in [-0.4, -0.2) is 47.3 Å². The SMILES string of the molecule is C=C(C)C(=O)NC(=O)/C(=C/c1ccc(C)cc1)c1ccccc1.C=C(C)C(=O)NC(=O)/C(=C/c1cccc(Cl)c1)c1ccccc1.C=C(C)C(=O)NC(=O)/C(=C\c1ccc(C(F)(F)F)cc1)c1ccccc1.C=C(C)C(=O)NC(=O)/C(=C\c1cccc(Cl)c1)c1ccccc1. The van der Waals surface area contributed by atoms with Crippen LogP contribution in [-0.2, 0) is 44.5 Å². The lowest BCUT2D eigenvalue weighted by Crippen LogP contribution is -2.31. The molecule has 95 heavy (non-hydrogen) atoms. The Morgan fingerprint density at radius 3 is 0.800 bits per heavy atom. The van der Waals surface area contributed by atoms with Crippen LogP contribution in [0.4, 0.5) is 13.2 Å². The number of hydrogen-bond acceptors (Lipinski definition) is 8. The molecule has 8 aromatic carbocycles. The Bertz CT molecular complexity index is 4140. The largest absolute Gasteiger partial charge is 0.416 e. The summed E-state index contributed by atoms with van der Waals surface area (Å²) in [5.41, 5.74) is 8.24. The molecule has 12 nitrogen and oxygen atoms in total. The topological polar surface area (TPSA) is 185 Å². The summed E-state index contributed by atoms with van der Waals surface area (Å²) in [5.74, 6) is -4.15. The highest BCUT2D eigenvalue weighted by atomic mass is 35.5. The highest BCUT2D eigenvalue weighted by Gasteiger charge is 2.30. The molecule has 0 spiro atoms. The van der Waals surface area contributed by atoms with Gasteiger partial charge in [-0.25, -0.2) is 0 Å². The maximum absolute atomic E-state index is 12.7. The summed E-state index contributed by atoms with van der Waals surface area (Å²) in [6.45, 7) is 22.2. The van der Waals surface area contributed by atoms with E-state index in [-0.39, 0.29) is 22.3 Å². The van der Waals surface area contributed by atoms with Gasteiger partial charge in [-0.1, -0.05) is 237 Å². The number of alkyl halides is 3. The summed E-state index contributed by atoms with van der Waals surface area (Å²) in [6.07, 6.45) is 2.16. The van der Waals surface area contributed by atoms with Crippen molar-refractivity contribution < 1.29 is 51.5 Å². The van der Waals surface area contributed by atoms with Gasteiger partial charge in [0, 0.05) is 54.6 Å². The number of benzene rings is 8. The van der Waals surface area contributed by atoms with Crippen molar-refractivity contribution in [2.45, 2.75) is 40.8 Å². The zero-order valence-electron chi connectivity index (χ0n) is 52.6. The number of nitrogens with one attached hydrogen (secondary N) is 4. The van der Waals surface area contributed by atoms with Crippen molar-refractivity contribution in [1.29, 1.82) is 0 Å². The van der Waals surface area contributed by atoms with Gasteiger partial charge in [0.1, 0.15) is 0 Å². The smallest absolute Gasteiger partial charge is 0.288 e. The van der Waals surface area contributed by atoms with E-state index in [1.807, 2.05) is 110 Å². The van der Waals surface area contributed by atoms with Crippen molar-refractivity contribution in [3.8, 4) is 0 Å².